The number of halogens is 3. The van der Waals surface area contributed by atoms with Crippen LogP contribution in [0.1, 0.15) is 22.8 Å². The number of benzene rings is 3. The zero-order valence-corrected chi connectivity index (χ0v) is 22.9. The van der Waals surface area contributed by atoms with Crippen LogP contribution in [-0.4, -0.2) is 79.6 Å². The summed E-state index contributed by atoms with van der Waals surface area (Å²) in [6.07, 6.45) is -3.17. The predicted molar refractivity (Wildman–Crippen MR) is 146 cm³/mol. The number of ether oxygens (including phenoxy) is 3. The van der Waals surface area contributed by atoms with Crippen LogP contribution in [0.25, 0.3) is 11.3 Å². The van der Waals surface area contributed by atoms with Gasteiger partial charge in [0, 0.05) is 5.56 Å². The summed E-state index contributed by atoms with van der Waals surface area (Å²) in [6.45, 7) is -0.651. The summed E-state index contributed by atoms with van der Waals surface area (Å²) in [5.74, 6) is -6.23. The molecule has 6 atom stereocenters. The molecule has 0 bridgehead atoms. The minimum atomic E-state index is -1.94. The van der Waals surface area contributed by atoms with Crippen molar-refractivity contribution in [2.75, 3.05) is 13.2 Å². The first-order chi connectivity index (χ1) is 21.2. The number of nitrogens with zero attached hydrogens (tertiary/aromatic N) is 3. The second-order valence-electron chi connectivity index (χ2n) is 10.4. The van der Waals surface area contributed by atoms with Crippen molar-refractivity contribution in [1.82, 2.24) is 20.3 Å². The Morgan fingerprint density at radius 3 is 2.50 bits per heavy atom. The predicted octanol–water partition coefficient (Wildman–Crippen LogP) is 2.72. The van der Waals surface area contributed by atoms with Gasteiger partial charge in [-0.15, -0.1) is 5.10 Å². The number of rotatable bonds is 7. The second kappa shape index (κ2) is 12.0. The topological polar surface area (TPSA) is 148 Å². The third-order valence-electron chi connectivity index (χ3n) is 7.71. The van der Waals surface area contributed by atoms with E-state index in [1.807, 2.05) is 6.07 Å². The number of amides is 1. The number of nitrogens with one attached hydrogen (secondary N) is 1. The molecule has 1 spiro atoms. The molecule has 1 aromatic heterocycles. The maximum atomic E-state index is 13.9. The molecule has 1 amide bonds. The molecule has 0 saturated carbocycles. The van der Waals surface area contributed by atoms with Gasteiger partial charge in [0.15, 0.2) is 17.5 Å². The molecule has 6 rings (SSSR count). The molecule has 230 valence electrons. The maximum Gasteiger partial charge on any atom is 0.255 e. The monoisotopic (exact) mass is 612 g/mol. The molecule has 4 aromatic rings. The summed E-state index contributed by atoms with van der Waals surface area (Å²) in [4.78, 5) is 13.6. The van der Waals surface area contributed by atoms with Gasteiger partial charge < -0.3 is 34.8 Å². The fraction of sp³-hybridized carbons (Fsp3) is 0.300. The van der Waals surface area contributed by atoms with E-state index in [1.54, 1.807) is 48.5 Å². The van der Waals surface area contributed by atoms with E-state index in [0.717, 1.165) is 16.8 Å². The van der Waals surface area contributed by atoms with E-state index in [4.69, 9.17) is 14.2 Å². The highest BCUT2D eigenvalue weighted by molar-refractivity contribution is 5.97. The van der Waals surface area contributed by atoms with Crippen molar-refractivity contribution < 1.29 is 47.5 Å². The maximum absolute atomic E-state index is 13.9. The molecule has 2 aliphatic rings. The van der Waals surface area contributed by atoms with Crippen LogP contribution in [0.4, 0.5) is 13.2 Å². The number of aromatic nitrogens is 3. The molecular weight excluding hydrogens is 585 g/mol. The Morgan fingerprint density at radius 2 is 1.77 bits per heavy atom. The van der Waals surface area contributed by atoms with Crippen molar-refractivity contribution in [3.8, 4) is 22.8 Å². The third-order valence-corrected chi connectivity index (χ3v) is 7.71. The molecule has 3 aromatic carbocycles. The smallest absolute Gasteiger partial charge is 0.255 e. The lowest BCUT2D eigenvalue weighted by Crippen LogP contribution is -2.69. The molecule has 0 unspecified atom stereocenters. The quantitative estimate of drug-likeness (QED) is 0.231. The standard InChI is InChI=1S/C30H27F3N4O7/c31-19-12-16(13-20(32)25(19)33)21-14-37(36-35-21)26-27(39)23(15-38)44-30(28(26)40)24(10-11-42-30)34-29(41)18-8-4-5-9-22(18)43-17-6-2-1-3-7-17/h1-9,12-14,23-24,26-28,38-40H,10-11,15H2,(H,34,41)/t23-,24-,26+,27+,28-,30+/m1/s1. The Morgan fingerprint density at radius 1 is 1.07 bits per heavy atom. The third kappa shape index (κ3) is 5.31. The summed E-state index contributed by atoms with van der Waals surface area (Å²) in [7, 11) is 0. The Bertz CT molecular complexity index is 1640. The number of aliphatic hydroxyl groups is 3. The van der Waals surface area contributed by atoms with Gasteiger partial charge in [-0.2, -0.15) is 0 Å². The summed E-state index contributed by atoms with van der Waals surface area (Å²) >= 11 is 0. The van der Waals surface area contributed by atoms with Crippen LogP contribution in [0.2, 0.25) is 0 Å². The van der Waals surface area contributed by atoms with Crippen molar-refractivity contribution in [3.05, 3.63) is 95.9 Å². The largest absolute Gasteiger partial charge is 0.457 e. The Kier molecular flexibility index (Phi) is 8.09. The Labute approximate surface area is 248 Å². The van der Waals surface area contributed by atoms with Gasteiger partial charge >= 0.3 is 0 Å². The van der Waals surface area contributed by atoms with Crippen LogP contribution in [0.15, 0.2) is 72.9 Å². The molecule has 44 heavy (non-hydrogen) atoms. The molecule has 3 heterocycles. The number of carbonyl (C=O) groups is 1. The highest BCUT2D eigenvalue weighted by Gasteiger charge is 2.62. The highest BCUT2D eigenvalue weighted by Crippen LogP contribution is 2.43. The number of para-hydroxylation sites is 2. The zero-order valence-electron chi connectivity index (χ0n) is 22.9. The first-order valence-electron chi connectivity index (χ1n) is 13.7. The van der Waals surface area contributed by atoms with E-state index in [9.17, 15) is 33.3 Å². The summed E-state index contributed by atoms with van der Waals surface area (Å²) in [6, 6.07) is 14.6. The van der Waals surface area contributed by atoms with Gasteiger partial charge in [-0.05, 0) is 42.8 Å². The van der Waals surface area contributed by atoms with Gasteiger partial charge in [-0.25, -0.2) is 17.9 Å². The van der Waals surface area contributed by atoms with Crippen molar-refractivity contribution >= 4 is 5.91 Å². The van der Waals surface area contributed by atoms with E-state index < -0.39 is 66.1 Å². The van der Waals surface area contributed by atoms with Crippen molar-refractivity contribution in [3.63, 3.8) is 0 Å². The zero-order chi connectivity index (χ0) is 31.0. The van der Waals surface area contributed by atoms with Crippen molar-refractivity contribution in [2.45, 2.75) is 42.6 Å². The van der Waals surface area contributed by atoms with Crippen LogP contribution in [-0.2, 0) is 9.47 Å². The average molecular weight is 613 g/mol. The van der Waals surface area contributed by atoms with Gasteiger partial charge in [0.05, 0.1) is 31.0 Å². The van der Waals surface area contributed by atoms with Crippen LogP contribution < -0.4 is 10.1 Å². The molecule has 0 aliphatic carbocycles. The van der Waals surface area contributed by atoms with E-state index in [0.29, 0.717) is 5.75 Å². The van der Waals surface area contributed by atoms with Crippen LogP contribution in [0, 0.1) is 17.5 Å². The first kappa shape index (κ1) is 29.7. The summed E-state index contributed by atoms with van der Waals surface area (Å²) < 4.78 is 60.0. The van der Waals surface area contributed by atoms with E-state index in [-0.39, 0.29) is 35.6 Å². The molecule has 0 radical (unpaired) electrons. The van der Waals surface area contributed by atoms with Crippen molar-refractivity contribution in [1.29, 1.82) is 0 Å². The van der Waals surface area contributed by atoms with E-state index >= 15 is 0 Å². The number of hydrogen-bond donors (Lipinski definition) is 4. The SMILES string of the molecule is O=C(N[C@@H]1CCO[C@]12O[C@H](CO)[C@H](O)[C@H](n1cc(-c3cc(F)c(F)c(F)c3)nn1)[C@H]2O)c1ccccc1Oc1ccccc1. The van der Waals surface area contributed by atoms with E-state index in [2.05, 4.69) is 15.6 Å². The van der Waals surface area contributed by atoms with Gasteiger partial charge in [0.25, 0.3) is 5.91 Å². The van der Waals surface area contributed by atoms with Crippen LogP contribution in [0.3, 0.4) is 0 Å². The van der Waals surface area contributed by atoms with Gasteiger partial charge in [0.1, 0.15) is 41.5 Å². The van der Waals surface area contributed by atoms with E-state index in [1.165, 1.54) is 6.20 Å². The summed E-state index contributed by atoms with van der Waals surface area (Å²) in [5.41, 5.74) is -0.0371. The molecule has 2 aliphatic heterocycles. The highest BCUT2D eigenvalue weighted by atomic mass is 19.2. The minimum Gasteiger partial charge on any atom is -0.457 e. The van der Waals surface area contributed by atoms with Gasteiger partial charge in [0.2, 0.25) is 5.79 Å². The lowest BCUT2D eigenvalue weighted by Gasteiger charge is -2.49. The number of hydrogen-bond acceptors (Lipinski definition) is 9. The minimum absolute atomic E-state index is 0.0435. The fourth-order valence-electron chi connectivity index (χ4n) is 5.54. The number of aliphatic hydroxyl groups excluding tert-OH is 3. The fourth-order valence-corrected chi connectivity index (χ4v) is 5.54. The van der Waals surface area contributed by atoms with Crippen LogP contribution in [0.5, 0.6) is 11.5 Å². The van der Waals surface area contributed by atoms with Gasteiger partial charge in [-0.3, -0.25) is 4.79 Å². The first-order valence-corrected chi connectivity index (χ1v) is 13.7. The summed E-state index contributed by atoms with van der Waals surface area (Å²) in [5, 5.41) is 43.4. The van der Waals surface area contributed by atoms with Crippen molar-refractivity contribution in [2.24, 2.45) is 0 Å². The van der Waals surface area contributed by atoms with Crippen LogP contribution >= 0.6 is 0 Å². The Balaban J connectivity index is 1.29. The Hall–Kier alpha value is -4.34. The van der Waals surface area contributed by atoms with Gasteiger partial charge in [-0.1, -0.05) is 35.5 Å². The molecular formula is C30H27F3N4O7. The second-order valence-corrected chi connectivity index (χ2v) is 10.4. The number of carbonyl (C=O) groups excluding carboxylic acids is 1. The lowest BCUT2D eigenvalue weighted by molar-refractivity contribution is -0.344. The molecule has 11 nitrogen and oxygen atoms in total. The molecule has 2 saturated heterocycles. The molecule has 4 N–H and O–H groups in total. The molecule has 14 heteroatoms. The lowest BCUT2D eigenvalue weighted by atomic mass is 9.86. The molecule has 2 fully saturated rings. The normalized spacial score (nSPS) is 26.5. The average Bonchev–Trinajstić information content (AvgIpc) is 3.66.